The van der Waals surface area contributed by atoms with Gasteiger partial charge in [-0.3, -0.25) is 0 Å². The Bertz CT molecular complexity index is 522. The largest absolute Gasteiger partial charge is 0.219 e. The molecule has 0 aliphatic carbocycles. The molecule has 0 amide bonds. The molecule has 0 unspecified atom stereocenters. The Kier molecular flexibility index (Phi) is 5.80. The molecule has 0 aromatic heterocycles. The molecule has 0 saturated carbocycles. The van der Waals surface area contributed by atoms with Crippen molar-refractivity contribution in [3.05, 3.63) is 40.8 Å². The van der Waals surface area contributed by atoms with Crippen molar-refractivity contribution in [2.75, 3.05) is 0 Å². The number of unbranched alkanes of at least 4 members (excludes halogenated alkanes) is 1. The summed E-state index contributed by atoms with van der Waals surface area (Å²) in [5, 5.41) is 1.47. The van der Waals surface area contributed by atoms with Gasteiger partial charge >= 0.3 is 0 Å². The minimum Gasteiger partial charge on any atom is -0.219 e. The van der Waals surface area contributed by atoms with Crippen LogP contribution in [0.2, 0.25) is 0 Å². The highest BCUT2D eigenvalue weighted by atomic mass is 32.2. The van der Waals surface area contributed by atoms with Crippen LogP contribution in [0.5, 0.6) is 0 Å². The molecule has 0 fully saturated rings. The number of aryl methyl sites for hydroxylation is 1. The number of hydrogen-bond acceptors (Lipinski definition) is 2. The molecule has 0 spiro atoms. The number of allylic oxidation sites excluding steroid dienone is 1. The van der Waals surface area contributed by atoms with Crippen molar-refractivity contribution in [1.29, 1.82) is 0 Å². The number of benzene rings is 1. The van der Waals surface area contributed by atoms with E-state index in [1.54, 1.807) is 12.1 Å². The Labute approximate surface area is 117 Å². The average Bonchev–Trinajstić information content (AvgIpc) is 2.34. The molecule has 0 aliphatic rings. The van der Waals surface area contributed by atoms with Gasteiger partial charge in [0.05, 0.1) is 4.90 Å². The van der Waals surface area contributed by atoms with Crippen LogP contribution in [-0.4, -0.2) is 8.42 Å². The fourth-order valence-electron chi connectivity index (χ4n) is 1.86. The molecule has 0 radical (unpaired) electrons. The summed E-state index contributed by atoms with van der Waals surface area (Å²) >= 11 is 0. The van der Waals surface area contributed by atoms with Gasteiger partial charge in [-0.2, -0.15) is 0 Å². The Morgan fingerprint density at radius 1 is 1.21 bits per heavy atom. The third kappa shape index (κ3) is 4.83. The summed E-state index contributed by atoms with van der Waals surface area (Å²) in [6.45, 7) is 8.16. The lowest BCUT2D eigenvalue weighted by Crippen LogP contribution is -2.02. The molecule has 3 heteroatoms. The van der Waals surface area contributed by atoms with Crippen LogP contribution in [0.1, 0.15) is 45.6 Å². The monoisotopic (exact) mass is 280 g/mol. The van der Waals surface area contributed by atoms with Gasteiger partial charge in [-0.1, -0.05) is 50.5 Å². The van der Waals surface area contributed by atoms with Crippen LogP contribution in [0.15, 0.2) is 40.1 Å². The van der Waals surface area contributed by atoms with Crippen molar-refractivity contribution in [1.82, 2.24) is 0 Å². The van der Waals surface area contributed by atoms with Gasteiger partial charge in [0, 0.05) is 5.41 Å². The summed E-state index contributed by atoms with van der Waals surface area (Å²) in [5.41, 5.74) is 2.08. The summed E-state index contributed by atoms with van der Waals surface area (Å²) in [6.07, 6.45) is 2.97. The van der Waals surface area contributed by atoms with E-state index in [2.05, 4.69) is 6.92 Å². The number of sulfone groups is 1. The Morgan fingerprint density at radius 2 is 1.79 bits per heavy atom. The van der Waals surface area contributed by atoms with E-state index < -0.39 is 9.84 Å². The van der Waals surface area contributed by atoms with Crippen LogP contribution in [0, 0.1) is 12.8 Å². The summed E-state index contributed by atoms with van der Waals surface area (Å²) in [7, 11) is -3.31. The maximum Gasteiger partial charge on any atom is 0.199 e. The second-order valence-corrected chi connectivity index (χ2v) is 7.11. The number of hydrogen-bond donors (Lipinski definition) is 0. The lowest BCUT2D eigenvalue weighted by atomic mass is 10.00. The third-order valence-electron chi connectivity index (χ3n) is 3.22. The third-order valence-corrected chi connectivity index (χ3v) is 4.76. The van der Waals surface area contributed by atoms with E-state index in [9.17, 15) is 8.42 Å². The highest BCUT2D eigenvalue weighted by Crippen LogP contribution is 2.22. The van der Waals surface area contributed by atoms with Gasteiger partial charge in [-0.05, 0) is 37.8 Å². The van der Waals surface area contributed by atoms with Crippen molar-refractivity contribution in [2.24, 2.45) is 5.92 Å². The van der Waals surface area contributed by atoms with E-state index in [-0.39, 0.29) is 5.92 Å². The zero-order valence-electron chi connectivity index (χ0n) is 12.3. The normalized spacial score (nSPS) is 13.0. The van der Waals surface area contributed by atoms with Crippen LogP contribution in [0.25, 0.3) is 0 Å². The van der Waals surface area contributed by atoms with Crippen LogP contribution < -0.4 is 0 Å². The maximum absolute atomic E-state index is 12.3. The molecule has 1 rings (SSSR count). The zero-order valence-corrected chi connectivity index (χ0v) is 13.1. The van der Waals surface area contributed by atoms with Crippen LogP contribution in [0.4, 0.5) is 0 Å². The van der Waals surface area contributed by atoms with Crippen molar-refractivity contribution < 1.29 is 8.42 Å². The van der Waals surface area contributed by atoms with Gasteiger partial charge in [-0.15, -0.1) is 0 Å². The van der Waals surface area contributed by atoms with Gasteiger partial charge in [0.2, 0.25) is 0 Å². The molecule has 106 valence electrons. The van der Waals surface area contributed by atoms with E-state index in [1.807, 2.05) is 32.9 Å². The van der Waals surface area contributed by atoms with Crippen LogP contribution in [0.3, 0.4) is 0 Å². The quantitative estimate of drug-likeness (QED) is 0.769. The van der Waals surface area contributed by atoms with Gasteiger partial charge in [0.25, 0.3) is 0 Å². The lowest BCUT2D eigenvalue weighted by molar-refractivity contribution is 0.602. The first-order chi connectivity index (χ1) is 8.86. The summed E-state index contributed by atoms with van der Waals surface area (Å²) in [4.78, 5) is 0.382. The second kappa shape index (κ2) is 6.90. The average molecular weight is 280 g/mol. The molecule has 0 atom stereocenters. The van der Waals surface area contributed by atoms with E-state index in [1.165, 1.54) is 5.41 Å². The standard InChI is InChI=1S/C16H24O2S/c1-5-6-7-15(13(2)3)12-19(17,18)16-10-8-14(4)9-11-16/h8-13H,5-7H2,1-4H3/b15-12+. The molecule has 0 N–H and O–H groups in total. The fraction of sp³-hybridized carbons (Fsp3) is 0.500. The van der Waals surface area contributed by atoms with Crippen molar-refractivity contribution in [2.45, 2.75) is 51.9 Å². The summed E-state index contributed by atoms with van der Waals surface area (Å²) in [5.74, 6) is 0.270. The van der Waals surface area contributed by atoms with Gasteiger partial charge < -0.3 is 0 Å². The lowest BCUT2D eigenvalue weighted by Gasteiger charge is -2.11. The fourth-order valence-corrected chi connectivity index (χ4v) is 3.30. The molecule has 19 heavy (non-hydrogen) atoms. The Hall–Kier alpha value is -1.09. The van der Waals surface area contributed by atoms with E-state index in [4.69, 9.17) is 0 Å². The van der Waals surface area contributed by atoms with E-state index in [0.717, 1.165) is 30.4 Å². The van der Waals surface area contributed by atoms with Crippen molar-refractivity contribution >= 4 is 9.84 Å². The van der Waals surface area contributed by atoms with Crippen LogP contribution >= 0.6 is 0 Å². The van der Waals surface area contributed by atoms with Crippen LogP contribution in [-0.2, 0) is 9.84 Å². The Balaban J connectivity index is 3.07. The predicted molar refractivity (Wildman–Crippen MR) is 80.8 cm³/mol. The zero-order chi connectivity index (χ0) is 14.5. The molecular formula is C16H24O2S. The Morgan fingerprint density at radius 3 is 2.26 bits per heavy atom. The first kappa shape index (κ1) is 16.0. The first-order valence-corrected chi connectivity index (χ1v) is 8.43. The van der Waals surface area contributed by atoms with Gasteiger partial charge in [-0.25, -0.2) is 8.42 Å². The highest BCUT2D eigenvalue weighted by molar-refractivity contribution is 7.94. The molecular weight excluding hydrogens is 256 g/mol. The molecule has 0 saturated heterocycles. The van der Waals surface area contributed by atoms with Gasteiger partial charge in [0.15, 0.2) is 9.84 Å². The van der Waals surface area contributed by atoms with Gasteiger partial charge in [0.1, 0.15) is 0 Å². The molecule has 0 bridgehead atoms. The van der Waals surface area contributed by atoms with E-state index >= 15 is 0 Å². The molecule has 2 nitrogen and oxygen atoms in total. The topological polar surface area (TPSA) is 34.1 Å². The highest BCUT2D eigenvalue weighted by Gasteiger charge is 2.14. The minimum atomic E-state index is -3.31. The molecule has 1 aromatic rings. The first-order valence-electron chi connectivity index (χ1n) is 6.89. The summed E-state index contributed by atoms with van der Waals surface area (Å²) < 4.78 is 24.7. The minimum absolute atomic E-state index is 0.270. The molecule has 0 aliphatic heterocycles. The second-order valence-electron chi connectivity index (χ2n) is 5.31. The maximum atomic E-state index is 12.3. The SMILES string of the molecule is CCCC/C(=C\S(=O)(=O)c1ccc(C)cc1)C(C)C. The van der Waals surface area contributed by atoms with Crippen molar-refractivity contribution in [3.8, 4) is 0 Å². The van der Waals surface area contributed by atoms with E-state index in [0.29, 0.717) is 4.90 Å². The van der Waals surface area contributed by atoms with Crippen molar-refractivity contribution in [3.63, 3.8) is 0 Å². The molecule has 0 heterocycles. The molecule has 1 aromatic carbocycles. The summed E-state index contributed by atoms with van der Waals surface area (Å²) in [6, 6.07) is 7.03. The predicted octanol–water partition coefficient (Wildman–Crippen LogP) is 4.50. The smallest absolute Gasteiger partial charge is 0.199 e. The number of rotatable bonds is 6.